The van der Waals surface area contributed by atoms with Gasteiger partial charge in [0.05, 0.1) is 0 Å². The van der Waals surface area contributed by atoms with E-state index in [0.717, 1.165) is 0 Å². The van der Waals surface area contributed by atoms with Crippen molar-refractivity contribution in [2.45, 2.75) is 92.4 Å². The smallest absolute Gasteiger partial charge is 2.00 e. The minimum Gasteiger partial charge on any atom is -2.00 e. The molecule has 0 aliphatic heterocycles. The van der Waals surface area contributed by atoms with Gasteiger partial charge in [-0.2, -0.15) is 0 Å². The SMILES string of the molecule is C[Si](C)(C)[N-][Si](C)(C)C.C[Si](C)(C)[N-][Si](C)(C)C.Cc1ccncc1.Cc1ccncc1.[Fe+3].[Fe+3].[S-2].[S-2]. The molecule has 0 fully saturated rings. The van der Waals surface area contributed by atoms with E-state index in [-0.39, 0.29) is 61.1 Å². The molecule has 2 aromatic heterocycles. The summed E-state index contributed by atoms with van der Waals surface area (Å²) >= 11 is 0. The van der Waals surface area contributed by atoms with Crippen molar-refractivity contribution >= 4 is 59.9 Å². The molecule has 0 amide bonds. The zero-order valence-corrected chi connectivity index (χ0v) is 32.8. The van der Waals surface area contributed by atoms with Crippen molar-refractivity contribution < 1.29 is 34.1 Å². The van der Waals surface area contributed by atoms with Crippen LogP contribution in [-0.4, -0.2) is 42.9 Å². The van der Waals surface area contributed by atoms with Crippen LogP contribution in [0.2, 0.25) is 78.6 Å². The van der Waals surface area contributed by atoms with Gasteiger partial charge in [-0.1, -0.05) is 112 Å². The Morgan fingerprint density at radius 3 is 0.667 bits per heavy atom. The van der Waals surface area contributed by atoms with E-state index in [0.29, 0.717) is 0 Å². The molecule has 0 aromatic carbocycles. The molecule has 0 aliphatic carbocycles. The molecule has 0 saturated heterocycles. The Hall–Kier alpha value is 0.826. The van der Waals surface area contributed by atoms with Gasteiger partial charge in [-0.25, -0.2) is 0 Å². The predicted molar refractivity (Wildman–Crippen MR) is 173 cm³/mol. The molecule has 2 rings (SSSR count). The molecule has 0 unspecified atom stereocenters. The molecular weight excluding hydrogens is 632 g/mol. The van der Waals surface area contributed by atoms with E-state index in [1.807, 2.05) is 38.1 Å². The zero-order chi connectivity index (χ0) is 25.6. The molecule has 210 valence electrons. The average Bonchev–Trinajstić information content (AvgIpc) is 2.51. The summed E-state index contributed by atoms with van der Waals surface area (Å²) in [6.45, 7) is 31.6. The minimum atomic E-state index is -1.11. The number of pyridine rings is 2. The van der Waals surface area contributed by atoms with E-state index < -0.39 is 32.9 Å². The van der Waals surface area contributed by atoms with Crippen molar-refractivity contribution in [3.63, 3.8) is 0 Å². The number of nitrogens with zero attached hydrogens (tertiary/aromatic N) is 4. The van der Waals surface area contributed by atoms with E-state index in [9.17, 15) is 0 Å². The molecule has 2 heterocycles. The first-order valence-corrected chi connectivity index (χ1v) is 25.2. The van der Waals surface area contributed by atoms with Crippen molar-refractivity contribution in [3.05, 3.63) is 69.5 Å². The van der Waals surface area contributed by atoms with Crippen molar-refractivity contribution in [1.82, 2.24) is 9.97 Å². The first kappa shape index (κ1) is 49.7. The Bertz CT molecular complexity index is 634. The standard InChI is InChI=1S/2C6H18NSi2.2C6H7N.2Fe.2S/c2*1-8(2,3)7-9(4,5)6;2*1-6-2-4-7-5-3-6;;;;/h2*1-6H3;2*2-5H,1H3;;;;/q2*-1;;;2*+3;2*-2. The fourth-order valence-corrected chi connectivity index (χ4v) is 19.0. The molecule has 0 N–H and O–H groups in total. The Morgan fingerprint density at radius 1 is 0.444 bits per heavy atom. The Morgan fingerprint density at radius 2 is 0.611 bits per heavy atom. The Balaban J connectivity index is -0.0000000807. The van der Waals surface area contributed by atoms with Crippen molar-refractivity contribution in [1.29, 1.82) is 0 Å². The molecule has 0 saturated carbocycles. The van der Waals surface area contributed by atoms with Crippen LogP contribution in [0, 0.1) is 13.8 Å². The van der Waals surface area contributed by atoms with Crippen molar-refractivity contribution in [3.8, 4) is 0 Å². The number of hydrogen-bond donors (Lipinski definition) is 0. The van der Waals surface area contributed by atoms with Crippen LogP contribution in [0.25, 0.3) is 9.30 Å². The van der Waals surface area contributed by atoms with Gasteiger partial charge < -0.3 is 36.3 Å². The summed E-state index contributed by atoms with van der Waals surface area (Å²) in [7, 11) is -4.42. The minimum absolute atomic E-state index is 0. The van der Waals surface area contributed by atoms with Gasteiger partial charge in [-0.15, -0.1) is 0 Å². The molecule has 12 heteroatoms. The number of aryl methyl sites for hydroxylation is 2. The van der Waals surface area contributed by atoms with Crippen LogP contribution in [0.3, 0.4) is 0 Å². The fraction of sp³-hybridized carbons (Fsp3) is 0.583. The van der Waals surface area contributed by atoms with Gasteiger partial charge in [0, 0.05) is 24.8 Å². The predicted octanol–water partition coefficient (Wildman–Crippen LogP) is 8.83. The summed E-state index contributed by atoms with van der Waals surface area (Å²) in [5.41, 5.74) is 2.52. The van der Waals surface area contributed by atoms with Crippen LogP contribution < -0.4 is 0 Å². The normalized spacial score (nSPS) is 10.4. The van der Waals surface area contributed by atoms with E-state index in [4.69, 9.17) is 9.30 Å². The maximum atomic E-state index is 4.82. The molecule has 36 heavy (non-hydrogen) atoms. The number of aromatic nitrogens is 2. The number of hydrogen-bond acceptors (Lipinski definition) is 2. The maximum absolute atomic E-state index is 4.82. The first-order valence-electron chi connectivity index (χ1n) is 11.4. The van der Waals surface area contributed by atoms with Gasteiger partial charge in [-0.3, -0.25) is 9.97 Å². The number of rotatable bonds is 4. The average molecular weight is 683 g/mol. The van der Waals surface area contributed by atoms with E-state index in [1.54, 1.807) is 24.8 Å². The van der Waals surface area contributed by atoms with Gasteiger partial charge in [0.25, 0.3) is 0 Å². The summed E-state index contributed by atoms with van der Waals surface area (Å²) in [5, 5.41) is 0. The summed E-state index contributed by atoms with van der Waals surface area (Å²) < 4.78 is 9.64. The van der Waals surface area contributed by atoms with E-state index in [2.05, 4.69) is 88.5 Å². The van der Waals surface area contributed by atoms with Crippen LogP contribution in [0.5, 0.6) is 0 Å². The van der Waals surface area contributed by atoms with Gasteiger partial charge in [0.15, 0.2) is 0 Å². The third kappa shape index (κ3) is 48.0. The first-order chi connectivity index (χ1) is 14.2. The molecular formula is C24H50Fe2N4S2Si4. The molecule has 2 aromatic rings. The Labute approximate surface area is 264 Å². The van der Waals surface area contributed by atoms with Gasteiger partial charge in [0.1, 0.15) is 0 Å². The van der Waals surface area contributed by atoms with Crippen molar-refractivity contribution in [2.75, 3.05) is 0 Å². The summed E-state index contributed by atoms with van der Waals surface area (Å²) in [5.74, 6) is 0. The van der Waals surface area contributed by atoms with Crippen LogP contribution in [0.15, 0.2) is 49.1 Å². The van der Waals surface area contributed by atoms with Gasteiger partial charge in [0.2, 0.25) is 0 Å². The van der Waals surface area contributed by atoms with Crippen LogP contribution in [0.4, 0.5) is 0 Å². The van der Waals surface area contributed by atoms with E-state index >= 15 is 0 Å². The Kier molecular flexibility index (Phi) is 32.7. The largest absolute Gasteiger partial charge is 3.00 e. The summed E-state index contributed by atoms with van der Waals surface area (Å²) in [4.78, 5) is 7.69. The van der Waals surface area contributed by atoms with Crippen LogP contribution in [-0.2, 0) is 61.1 Å². The summed E-state index contributed by atoms with van der Waals surface area (Å²) in [6, 6.07) is 7.89. The molecule has 4 nitrogen and oxygen atoms in total. The monoisotopic (exact) mass is 682 g/mol. The second kappa shape index (κ2) is 23.7. The second-order valence-electron chi connectivity index (χ2n) is 12.0. The van der Waals surface area contributed by atoms with Gasteiger partial charge in [-0.05, 0) is 49.2 Å². The molecule has 0 aliphatic rings. The summed E-state index contributed by atoms with van der Waals surface area (Å²) in [6.07, 6.45) is 7.15. The maximum Gasteiger partial charge on any atom is 3.00 e. The van der Waals surface area contributed by atoms with Gasteiger partial charge >= 0.3 is 34.1 Å². The van der Waals surface area contributed by atoms with Crippen LogP contribution >= 0.6 is 0 Å². The third-order valence-electron chi connectivity index (χ3n) is 3.04. The third-order valence-corrected chi connectivity index (χ3v) is 13.8. The quantitative estimate of drug-likeness (QED) is 0.303. The van der Waals surface area contributed by atoms with Crippen molar-refractivity contribution in [2.24, 2.45) is 0 Å². The van der Waals surface area contributed by atoms with Crippen LogP contribution in [0.1, 0.15) is 11.1 Å². The molecule has 0 bridgehead atoms. The molecule has 0 spiro atoms. The molecule has 0 atom stereocenters. The fourth-order valence-electron chi connectivity index (χ4n) is 2.87. The topological polar surface area (TPSA) is 54.0 Å². The molecule has 2 radical (unpaired) electrons. The zero-order valence-electron chi connectivity index (χ0n) is 24.9. The second-order valence-corrected chi connectivity index (χ2v) is 31.1. The van der Waals surface area contributed by atoms with E-state index in [1.165, 1.54) is 11.1 Å².